The summed E-state index contributed by atoms with van der Waals surface area (Å²) in [6.07, 6.45) is 0.862. The van der Waals surface area contributed by atoms with Gasteiger partial charge in [-0.2, -0.15) is 0 Å². The van der Waals surface area contributed by atoms with Gasteiger partial charge in [-0.1, -0.05) is 45.9 Å². The molecule has 1 amide bonds. The summed E-state index contributed by atoms with van der Waals surface area (Å²) >= 11 is 4.73. The SMILES string of the molecule is COCCn1c(SC(C)C(=O)N2CCc3ccccc32)nc2ccc(Br)cc2c1=O. The summed E-state index contributed by atoms with van der Waals surface area (Å²) in [5.41, 5.74) is 2.65. The third kappa shape index (κ3) is 4.04. The van der Waals surface area contributed by atoms with Crippen LogP contribution in [0, 0.1) is 0 Å². The van der Waals surface area contributed by atoms with Crippen LogP contribution in [0.3, 0.4) is 0 Å². The number of carbonyl (C=O) groups excluding carboxylic acids is 1. The molecule has 1 aliphatic rings. The van der Waals surface area contributed by atoms with Crippen LogP contribution in [0.15, 0.2) is 56.9 Å². The predicted octanol–water partition coefficient (Wildman–Crippen LogP) is 3.88. The van der Waals surface area contributed by atoms with Crippen molar-refractivity contribution in [2.45, 2.75) is 30.3 Å². The van der Waals surface area contributed by atoms with Crippen LogP contribution in [0.4, 0.5) is 5.69 Å². The highest BCUT2D eigenvalue weighted by Gasteiger charge is 2.29. The van der Waals surface area contributed by atoms with E-state index in [9.17, 15) is 9.59 Å². The molecule has 0 N–H and O–H groups in total. The zero-order chi connectivity index (χ0) is 21.3. The normalized spacial score (nSPS) is 14.2. The lowest BCUT2D eigenvalue weighted by Crippen LogP contribution is -2.36. The summed E-state index contributed by atoms with van der Waals surface area (Å²) in [7, 11) is 1.60. The van der Waals surface area contributed by atoms with Crippen molar-refractivity contribution in [3.8, 4) is 0 Å². The van der Waals surface area contributed by atoms with Crippen molar-refractivity contribution in [2.75, 3.05) is 25.2 Å². The van der Waals surface area contributed by atoms with Gasteiger partial charge in [0.25, 0.3) is 5.56 Å². The van der Waals surface area contributed by atoms with Crippen LogP contribution in [-0.2, 0) is 22.5 Å². The Balaban J connectivity index is 1.66. The molecule has 0 fully saturated rings. The number of hydrogen-bond acceptors (Lipinski definition) is 5. The zero-order valence-corrected chi connectivity index (χ0v) is 19.2. The van der Waals surface area contributed by atoms with Crippen LogP contribution in [0.1, 0.15) is 12.5 Å². The van der Waals surface area contributed by atoms with Gasteiger partial charge in [0, 0.05) is 23.8 Å². The molecule has 1 atom stereocenters. The molecule has 30 heavy (non-hydrogen) atoms. The number of rotatable bonds is 6. The lowest BCUT2D eigenvalue weighted by molar-refractivity contribution is -0.117. The van der Waals surface area contributed by atoms with Crippen LogP contribution in [-0.4, -0.2) is 41.0 Å². The van der Waals surface area contributed by atoms with Gasteiger partial charge in [0.15, 0.2) is 5.16 Å². The van der Waals surface area contributed by atoms with Crippen LogP contribution in [0.2, 0.25) is 0 Å². The van der Waals surface area contributed by atoms with E-state index in [1.165, 1.54) is 17.3 Å². The van der Waals surface area contributed by atoms with Gasteiger partial charge in [0.2, 0.25) is 5.91 Å². The largest absolute Gasteiger partial charge is 0.383 e. The Hall–Kier alpha value is -2.16. The van der Waals surface area contributed by atoms with Crippen molar-refractivity contribution in [1.82, 2.24) is 9.55 Å². The fraction of sp³-hybridized carbons (Fsp3) is 0.318. The summed E-state index contributed by atoms with van der Waals surface area (Å²) in [6.45, 7) is 3.31. The molecule has 1 aliphatic heterocycles. The first-order valence-corrected chi connectivity index (χ1v) is 11.4. The van der Waals surface area contributed by atoms with Crippen LogP contribution < -0.4 is 10.5 Å². The second kappa shape index (κ2) is 8.91. The molecule has 0 aliphatic carbocycles. The molecular weight excluding hydrogens is 466 g/mol. The van der Waals surface area contributed by atoms with Gasteiger partial charge in [-0.15, -0.1) is 0 Å². The van der Waals surface area contributed by atoms with E-state index in [0.29, 0.717) is 35.8 Å². The van der Waals surface area contributed by atoms with Crippen LogP contribution in [0.5, 0.6) is 0 Å². The van der Waals surface area contributed by atoms with Crippen molar-refractivity contribution < 1.29 is 9.53 Å². The standard InChI is InChI=1S/C22H22BrN3O3S/c1-14(20(27)25-10-9-15-5-3-4-6-19(15)25)30-22-24-18-8-7-16(23)13-17(18)21(28)26(22)11-12-29-2/h3-8,13-14H,9-12H2,1-2H3. The van der Waals surface area contributed by atoms with Gasteiger partial charge in [-0.05, 0) is 43.2 Å². The first-order valence-electron chi connectivity index (χ1n) is 9.74. The lowest BCUT2D eigenvalue weighted by Gasteiger charge is -2.22. The van der Waals surface area contributed by atoms with E-state index in [1.54, 1.807) is 17.7 Å². The summed E-state index contributed by atoms with van der Waals surface area (Å²) < 4.78 is 7.61. The molecule has 4 rings (SSSR count). The van der Waals surface area contributed by atoms with Crippen LogP contribution >= 0.6 is 27.7 Å². The first-order chi connectivity index (χ1) is 14.5. The van der Waals surface area contributed by atoms with E-state index in [1.807, 2.05) is 42.2 Å². The number of thioether (sulfide) groups is 1. The molecule has 2 heterocycles. The van der Waals surface area contributed by atoms with Gasteiger partial charge < -0.3 is 9.64 Å². The van der Waals surface area contributed by atoms with Gasteiger partial charge in [-0.3, -0.25) is 14.2 Å². The van der Waals surface area contributed by atoms with E-state index < -0.39 is 0 Å². The van der Waals surface area contributed by atoms with Crippen molar-refractivity contribution in [3.05, 3.63) is 62.9 Å². The Morgan fingerprint density at radius 3 is 2.90 bits per heavy atom. The van der Waals surface area contributed by atoms with Crippen molar-refractivity contribution in [2.24, 2.45) is 0 Å². The molecule has 8 heteroatoms. The number of methoxy groups -OCH3 is 1. The van der Waals surface area contributed by atoms with E-state index in [0.717, 1.165) is 16.6 Å². The molecule has 1 unspecified atom stereocenters. The molecule has 0 spiro atoms. The second-order valence-electron chi connectivity index (χ2n) is 7.13. The number of anilines is 1. The number of amides is 1. The van der Waals surface area contributed by atoms with Crippen LogP contribution in [0.25, 0.3) is 10.9 Å². The maximum absolute atomic E-state index is 13.2. The fourth-order valence-electron chi connectivity index (χ4n) is 3.64. The second-order valence-corrected chi connectivity index (χ2v) is 9.36. The number of fused-ring (bicyclic) bond motifs is 2. The van der Waals surface area contributed by atoms with Gasteiger partial charge in [0.1, 0.15) is 0 Å². The van der Waals surface area contributed by atoms with E-state index in [4.69, 9.17) is 9.72 Å². The minimum absolute atomic E-state index is 0.0217. The Labute approximate surface area is 187 Å². The average Bonchev–Trinajstić information content (AvgIpc) is 3.17. The molecule has 156 valence electrons. The quantitative estimate of drug-likeness (QED) is 0.390. The molecule has 0 bridgehead atoms. The average molecular weight is 488 g/mol. The highest BCUT2D eigenvalue weighted by atomic mass is 79.9. The van der Waals surface area contributed by atoms with Gasteiger partial charge >= 0.3 is 0 Å². The molecule has 0 saturated carbocycles. The first kappa shape index (κ1) is 21.1. The van der Waals surface area contributed by atoms with E-state index in [2.05, 4.69) is 22.0 Å². The smallest absolute Gasteiger partial charge is 0.262 e. The number of halogens is 1. The van der Waals surface area contributed by atoms with Crippen molar-refractivity contribution in [1.29, 1.82) is 0 Å². The summed E-state index contributed by atoms with van der Waals surface area (Å²) in [6, 6.07) is 13.4. The molecule has 6 nitrogen and oxygen atoms in total. The van der Waals surface area contributed by atoms with Gasteiger partial charge in [-0.25, -0.2) is 4.98 Å². The third-order valence-electron chi connectivity index (χ3n) is 5.18. The summed E-state index contributed by atoms with van der Waals surface area (Å²) in [5, 5.41) is 0.683. The number of ether oxygens (including phenoxy) is 1. The molecule has 2 aromatic carbocycles. The molecule has 0 radical (unpaired) electrons. The Morgan fingerprint density at radius 1 is 1.30 bits per heavy atom. The molecular formula is C22H22BrN3O3S. The Morgan fingerprint density at radius 2 is 2.10 bits per heavy atom. The molecule has 3 aromatic rings. The number of para-hydroxylation sites is 1. The van der Waals surface area contributed by atoms with Crippen molar-refractivity contribution >= 4 is 50.2 Å². The lowest BCUT2D eigenvalue weighted by atomic mass is 10.2. The number of hydrogen-bond donors (Lipinski definition) is 0. The van der Waals surface area contributed by atoms with Gasteiger partial charge in [0.05, 0.1) is 29.3 Å². The number of carbonyl (C=O) groups is 1. The number of nitrogens with zero attached hydrogens (tertiary/aromatic N) is 3. The fourth-order valence-corrected chi connectivity index (χ4v) is 5.00. The minimum Gasteiger partial charge on any atom is -0.383 e. The monoisotopic (exact) mass is 487 g/mol. The third-order valence-corrected chi connectivity index (χ3v) is 6.75. The minimum atomic E-state index is -0.384. The Kier molecular flexibility index (Phi) is 6.26. The Bertz CT molecular complexity index is 1160. The highest BCUT2D eigenvalue weighted by molar-refractivity contribution is 9.10. The maximum atomic E-state index is 13.2. The van der Waals surface area contributed by atoms with Crippen molar-refractivity contribution in [3.63, 3.8) is 0 Å². The number of benzene rings is 2. The molecule has 1 aromatic heterocycles. The highest BCUT2D eigenvalue weighted by Crippen LogP contribution is 2.31. The summed E-state index contributed by atoms with van der Waals surface area (Å²) in [4.78, 5) is 32.8. The maximum Gasteiger partial charge on any atom is 0.262 e. The van der Waals surface area contributed by atoms with E-state index >= 15 is 0 Å². The summed E-state index contributed by atoms with van der Waals surface area (Å²) in [5.74, 6) is 0.0217. The topological polar surface area (TPSA) is 64.4 Å². The predicted molar refractivity (Wildman–Crippen MR) is 123 cm³/mol. The molecule has 0 saturated heterocycles. The van der Waals surface area contributed by atoms with E-state index in [-0.39, 0.29) is 16.7 Å². The number of aromatic nitrogens is 2. The zero-order valence-electron chi connectivity index (χ0n) is 16.8.